The maximum Gasteiger partial charge on any atom is 0.313 e. The molecule has 2 unspecified atom stereocenters. The summed E-state index contributed by atoms with van der Waals surface area (Å²) in [6, 6.07) is 4.17. The van der Waals surface area contributed by atoms with Crippen molar-refractivity contribution in [3.63, 3.8) is 0 Å². The van der Waals surface area contributed by atoms with Crippen LogP contribution in [0.5, 0.6) is 0 Å². The van der Waals surface area contributed by atoms with E-state index in [1.54, 1.807) is 13.8 Å². The second kappa shape index (κ2) is 7.47. The number of carbonyl (C=O) groups excluding carboxylic acids is 2. The lowest BCUT2D eigenvalue weighted by Crippen LogP contribution is -2.43. The predicted molar refractivity (Wildman–Crippen MR) is 78.9 cm³/mol. The first-order valence-electron chi connectivity index (χ1n) is 6.02. The van der Waals surface area contributed by atoms with E-state index in [1.165, 1.54) is 18.2 Å². The molecule has 7 heteroatoms. The van der Waals surface area contributed by atoms with Crippen molar-refractivity contribution in [2.45, 2.75) is 19.9 Å². The van der Waals surface area contributed by atoms with Crippen LogP contribution in [0, 0.1) is 5.92 Å². The summed E-state index contributed by atoms with van der Waals surface area (Å²) in [5, 5.41) is 14.6. The molecule has 0 aliphatic rings. The lowest BCUT2D eigenvalue weighted by Gasteiger charge is -2.18. The summed E-state index contributed by atoms with van der Waals surface area (Å²) < 4.78 is 0. The summed E-state index contributed by atoms with van der Waals surface area (Å²) in [5.41, 5.74) is 0.338. The number of nitrogens with one attached hydrogen (secondary N) is 2. The van der Waals surface area contributed by atoms with Crippen LogP contribution in [0.25, 0.3) is 0 Å². The molecule has 0 aliphatic heterocycles. The van der Waals surface area contributed by atoms with E-state index in [2.05, 4.69) is 10.6 Å². The van der Waals surface area contributed by atoms with Crippen LogP contribution in [-0.4, -0.2) is 29.6 Å². The minimum atomic E-state index is -0.819. The second-order valence-electron chi connectivity index (χ2n) is 4.53. The number of amides is 2. The third-order valence-electron chi connectivity index (χ3n) is 2.83. The van der Waals surface area contributed by atoms with Gasteiger partial charge in [0.25, 0.3) is 0 Å². The topological polar surface area (TPSA) is 78.4 Å². The first-order chi connectivity index (χ1) is 9.33. The number of aliphatic hydroxyl groups excluding tert-OH is 1. The molecule has 1 aromatic rings. The van der Waals surface area contributed by atoms with Gasteiger partial charge in [0.2, 0.25) is 0 Å². The highest BCUT2D eigenvalue weighted by molar-refractivity contribution is 6.40. The minimum Gasteiger partial charge on any atom is -0.396 e. The van der Waals surface area contributed by atoms with Crippen molar-refractivity contribution in [2.24, 2.45) is 5.92 Å². The van der Waals surface area contributed by atoms with Crippen LogP contribution < -0.4 is 10.6 Å². The number of carbonyl (C=O) groups is 2. The van der Waals surface area contributed by atoms with Crippen LogP contribution in [0.4, 0.5) is 5.69 Å². The van der Waals surface area contributed by atoms with Gasteiger partial charge in [0.15, 0.2) is 0 Å². The summed E-state index contributed by atoms with van der Waals surface area (Å²) in [7, 11) is 0. The van der Waals surface area contributed by atoms with E-state index < -0.39 is 11.8 Å². The van der Waals surface area contributed by atoms with Gasteiger partial charge in [-0.05, 0) is 31.0 Å². The van der Waals surface area contributed by atoms with Crippen molar-refractivity contribution in [2.75, 3.05) is 11.9 Å². The van der Waals surface area contributed by atoms with Crippen molar-refractivity contribution < 1.29 is 14.7 Å². The van der Waals surface area contributed by atoms with Gasteiger partial charge in [0.1, 0.15) is 0 Å². The Labute approximate surface area is 127 Å². The Balaban J connectivity index is 2.64. The number of hydrogen-bond acceptors (Lipinski definition) is 3. The first-order valence-corrected chi connectivity index (χ1v) is 6.78. The summed E-state index contributed by atoms with van der Waals surface area (Å²) in [6.07, 6.45) is 0. The van der Waals surface area contributed by atoms with Gasteiger partial charge in [-0.2, -0.15) is 0 Å². The number of halogens is 2. The van der Waals surface area contributed by atoms with Gasteiger partial charge < -0.3 is 15.7 Å². The van der Waals surface area contributed by atoms with Crippen LogP contribution in [-0.2, 0) is 9.59 Å². The average molecular weight is 319 g/mol. The average Bonchev–Trinajstić information content (AvgIpc) is 2.36. The number of anilines is 1. The quantitative estimate of drug-likeness (QED) is 0.743. The molecular weight excluding hydrogens is 303 g/mol. The zero-order valence-corrected chi connectivity index (χ0v) is 12.6. The van der Waals surface area contributed by atoms with Crippen LogP contribution in [0.1, 0.15) is 13.8 Å². The molecule has 2 amide bonds. The van der Waals surface area contributed by atoms with E-state index in [1.807, 2.05) is 0 Å². The van der Waals surface area contributed by atoms with E-state index in [4.69, 9.17) is 28.3 Å². The van der Waals surface area contributed by atoms with Crippen molar-refractivity contribution in [3.8, 4) is 0 Å². The van der Waals surface area contributed by atoms with E-state index in [-0.39, 0.29) is 18.6 Å². The minimum absolute atomic E-state index is 0.0764. The molecule has 110 valence electrons. The van der Waals surface area contributed by atoms with Crippen LogP contribution in [0.3, 0.4) is 0 Å². The standard InChI is InChI=1S/C13H16Cl2N2O3/c1-7(6-18)8(2)16-12(19)13(20)17-11-4-9(14)3-10(15)5-11/h3-5,7-8,18H,6H2,1-2H3,(H,16,19)(H,17,20). The molecule has 0 heterocycles. The molecule has 0 fully saturated rings. The van der Waals surface area contributed by atoms with Gasteiger partial charge in [-0.3, -0.25) is 9.59 Å². The summed E-state index contributed by atoms with van der Waals surface area (Å²) in [4.78, 5) is 23.4. The molecule has 0 radical (unpaired) electrons. The molecular formula is C13H16Cl2N2O3. The largest absolute Gasteiger partial charge is 0.396 e. The summed E-state index contributed by atoms with van der Waals surface area (Å²) in [6.45, 7) is 3.40. The Morgan fingerprint density at radius 3 is 2.20 bits per heavy atom. The SMILES string of the molecule is CC(CO)C(C)NC(=O)C(=O)Nc1cc(Cl)cc(Cl)c1. The van der Waals surface area contributed by atoms with E-state index >= 15 is 0 Å². The Morgan fingerprint density at radius 1 is 1.15 bits per heavy atom. The maximum absolute atomic E-state index is 11.7. The Morgan fingerprint density at radius 2 is 1.70 bits per heavy atom. The molecule has 1 aromatic carbocycles. The molecule has 0 saturated carbocycles. The first kappa shape index (κ1) is 16.8. The third kappa shape index (κ3) is 5.00. The molecule has 3 N–H and O–H groups in total. The van der Waals surface area contributed by atoms with E-state index in [9.17, 15) is 9.59 Å². The summed E-state index contributed by atoms with van der Waals surface area (Å²) in [5.74, 6) is -1.75. The number of hydrogen-bond donors (Lipinski definition) is 3. The zero-order valence-electron chi connectivity index (χ0n) is 11.1. The van der Waals surface area contributed by atoms with Gasteiger partial charge >= 0.3 is 11.8 Å². The fourth-order valence-corrected chi connectivity index (χ4v) is 1.91. The Hall–Kier alpha value is -1.30. The van der Waals surface area contributed by atoms with Crippen LogP contribution >= 0.6 is 23.2 Å². The van der Waals surface area contributed by atoms with E-state index in [0.29, 0.717) is 15.7 Å². The molecule has 0 aliphatic carbocycles. The van der Waals surface area contributed by atoms with Crippen molar-refractivity contribution in [3.05, 3.63) is 28.2 Å². The van der Waals surface area contributed by atoms with Gasteiger partial charge in [0.05, 0.1) is 0 Å². The highest BCUT2D eigenvalue weighted by atomic mass is 35.5. The molecule has 0 spiro atoms. The lowest BCUT2D eigenvalue weighted by molar-refractivity contribution is -0.136. The summed E-state index contributed by atoms with van der Waals surface area (Å²) >= 11 is 11.6. The fourth-order valence-electron chi connectivity index (χ4n) is 1.39. The van der Waals surface area contributed by atoms with Gasteiger partial charge in [-0.15, -0.1) is 0 Å². The highest BCUT2D eigenvalue weighted by Crippen LogP contribution is 2.22. The Kier molecular flexibility index (Phi) is 6.26. The zero-order chi connectivity index (χ0) is 15.3. The maximum atomic E-state index is 11.7. The number of benzene rings is 1. The molecule has 0 saturated heterocycles. The normalized spacial score (nSPS) is 13.4. The molecule has 0 bridgehead atoms. The van der Waals surface area contributed by atoms with Crippen molar-refractivity contribution in [1.82, 2.24) is 5.32 Å². The van der Waals surface area contributed by atoms with E-state index in [0.717, 1.165) is 0 Å². The smallest absolute Gasteiger partial charge is 0.313 e. The van der Waals surface area contributed by atoms with Crippen LogP contribution in [0.15, 0.2) is 18.2 Å². The predicted octanol–water partition coefficient (Wildman–Crippen LogP) is 2.06. The molecule has 2 atom stereocenters. The highest BCUT2D eigenvalue weighted by Gasteiger charge is 2.19. The third-order valence-corrected chi connectivity index (χ3v) is 3.26. The van der Waals surface area contributed by atoms with Gasteiger partial charge in [-0.25, -0.2) is 0 Å². The molecule has 20 heavy (non-hydrogen) atoms. The number of rotatable bonds is 4. The number of aliphatic hydroxyl groups is 1. The van der Waals surface area contributed by atoms with Crippen molar-refractivity contribution in [1.29, 1.82) is 0 Å². The molecule has 5 nitrogen and oxygen atoms in total. The Bertz CT molecular complexity index is 488. The van der Waals surface area contributed by atoms with Crippen molar-refractivity contribution >= 4 is 40.7 Å². The van der Waals surface area contributed by atoms with Crippen LogP contribution in [0.2, 0.25) is 10.0 Å². The molecule has 1 rings (SSSR count). The second-order valence-corrected chi connectivity index (χ2v) is 5.41. The monoisotopic (exact) mass is 318 g/mol. The van der Waals surface area contributed by atoms with Gasteiger partial charge in [-0.1, -0.05) is 30.1 Å². The van der Waals surface area contributed by atoms with Gasteiger partial charge in [0, 0.05) is 28.4 Å². The molecule has 0 aromatic heterocycles. The lowest BCUT2D eigenvalue weighted by atomic mass is 10.1. The fraction of sp³-hybridized carbons (Fsp3) is 0.385.